The molecule has 114 valence electrons. The molecule has 0 spiro atoms. The van der Waals surface area contributed by atoms with Gasteiger partial charge >= 0.3 is 0 Å². The Morgan fingerprint density at radius 1 is 1.14 bits per heavy atom. The van der Waals surface area contributed by atoms with Crippen LogP contribution in [0.5, 0.6) is 0 Å². The summed E-state index contributed by atoms with van der Waals surface area (Å²) in [7, 11) is 0. The molecule has 2 amide bonds. The number of pyridine rings is 1. The van der Waals surface area contributed by atoms with Gasteiger partial charge in [-0.2, -0.15) is 0 Å². The molecule has 0 fully saturated rings. The van der Waals surface area contributed by atoms with Gasteiger partial charge in [-0.25, -0.2) is 0 Å². The largest absolute Gasteiger partial charge is 0.347 e. The smallest absolute Gasteiger partial charge is 0.240 e. The maximum absolute atomic E-state index is 12.1. The molecule has 1 aromatic carbocycles. The van der Waals surface area contributed by atoms with Crippen LogP contribution in [-0.4, -0.2) is 23.3 Å². The van der Waals surface area contributed by atoms with Gasteiger partial charge in [0.2, 0.25) is 11.8 Å². The number of rotatable bonds is 5. The molecule has 0 unspecified atom stereocenters. The summed E-state index contributed by atoms with van der Waals surface area (Å²) < 4.78 is 0. The van der Waals surface area contributed by atoms with Crippen molar-refractivity contribution in [1.29, 1.82) is 0 Å². The molecule has 2 rings (SSSR count). The van der Waals surface area contributed by atoms with Crippen molar-refractivity contribution in [3.05, 3.63) is 65.5 Å². The summed E-state index contributed by atoms with van der Waals surface area (Å²) in [5.74, 6) is -0.466. The predicted octanol–water partition coefficient (Wildman–Crippen LogP) is 1.73. The molecule has 1 aromatic heterocycles. The summed E-state index contributed by atoms with van der Waals surface area (Å²) in [6, 6.07) is 11.4. The summed E-state index contributed by atoms with van der Waals surface area (Å²) in [5, 5.41) is 5.47. The minimum Gasteiger partial charge on any atom is -0.347 e. The standard InChI is InChI=1S/C17H19N3O2/c1-12-5-3-4-6-15(12)17(14-7-9-18-10-8-14)20-16(22)11-19-13(2)21/h3-10,17H,11H2,1-2H3,(H,19,21)(H,20,22)/t17-/m1/s1. The number of hydrogen-bond donors (Lipinski definition) is 2. The molecule has 0 bridgehead atoms. The van der Waals surface area contributed by atoms with Gasteiger partial charge in [-0.05, 0) is 35.7 Å². The number of benzene rings is 1. The Morgan fingerprint density at radius 3 is 2.45 bits per heavy atom. The van der Waals surface area contributed by atoms with Crippen molar-refractivity contribution in [3.8, 4) is 0 Å². The van der Waals surface area contributed by atoms with E-state index in [1.807, 2.05) is 43.3 Å². The molecule has 0 saturated heterocycles. The normalized spacial score (nSPS) is 11.5. The van der Waals surface area contributed by atoms with Crippen LogP contribution in [0.4, 0.5) is 0 Å². The number of amides is 2. The SMILES string of the molecule is CC(=O)NCC(=O)N[C@H](c1ccncc1)c1ccccc1C. The monoisotopic (exact) mass is 297 g/mol. The zero-order chi connectivity index (χ0) is 15.9. The van der Waals surface area contributed by atoms with E-state index in [4.69, 9.17) is 0 Å². The lowest BCUT2D eigenvalue weighted by atomic mass is 9.95. The number of hydrogen-bond acceptors (Lipinski definition) is 3. The zero-order valence-electron chi connectivity index (χ0n) is 12.7. The first kappa shape index (κ1) is 15.7. The van der Waals surface area contributed by atoms with E-state index in [2.05, 4.69) is 15.6 Å². The lowest BCUT2D eigenvalue weighted by Gasteiger charge is -2.21. The highest BCUT2D eigenvalue weighted by molar-refractivity contribution is 5.84. The Labute approximate surface area is 129 Å². The fourth-order valence-corrected chi connectivity index (χ4v) is 2.22. The Hall–Kier alpha value is -2.69. The van der Waals surface area contributed by atoms with Gasteiger partial charge in [0.05, 0.1) is 12.6 Å². The molecule has 5 nitrogen and oxygen atoms in total. The second-order valence-corrected chi connectivity index (χ2v) is 5.05. The van der Waals surface area contributed by atoms with E-state index in [0.717, 1.165) is 16.7 Å². The zero-order valence-corrected chi connectivity index (χ0v) is 12.7. The first-order valence-electron chi connectivity index (χ1n) is 7.07. The maximum atomic E-state index is 12.1. The van der Waals surface area contributed by atoms with Crippen LogP contribution in [-0.2, 0) is 9.59 Å². The molecule has 2 N–H and O–H groups in total. The third-order valence-electron chi connectivity index (χ3n) is 3.34. The van der Waals surface area contributed by atoms with Gasteiger partial charge in [0.1, 0.15) is 0 Å². The van der Waals surface area contributed by atoms with Crippen LogP contribution >= 0.6 is 0 Å². The first-order valence-corrected chi connectivity index (χ1v) is 7.07. The number of carbonyl (C=O) groups excluding carboxylic acids is 2. The van der Waals surface area contributed by atoms with Gasteiger partial charge < -0.3 is 10.6 Å². The number of aryl methyl sites for hydroxylation is 1. The molecule has 0 aliphatic rings. The third-order valence-corrected chi connectivity index (χ3v) is 3.34. The van der Waals surface area contributed by atoms with E-state index in [0.29, 0.717) is 0 Å². The minimum absolute atomic E-state index is 0.0389. The van der Waals surface area contributed by atoms with Gasteiger partial charge in [0.15, 0.2) is 0 Å². The average Bonchev–Trinajstić information content (AvgIpc) is 2.52. The summed E-state index contributed by atoms with van der Waals surface area (Å²) in [5.41, 5.74) is 3.05. The van der Waals surface area contributed by atoms with Crippen molar-refractivity contribution < 1.29 is 9.59 Å². The van der Waals surface area contributed by atoms with Crippen LogP contribution in [0.15, 0.2) is 48.8 Å². The van der Waals surface area contributed by atoms with Gasteiger partial charge in [-0.3, -0.25) is 14.6 Å². The van der Waals surface area contributed by atoms with Crippen LogP contribution in [0.3, 0.4) is 0 Å². The van der Waals surface area contributed by atoms with Crippen molar-refractivity contribution in [2.24, 2.45) is 0 Å². The highest BCUT2D eigenvalue weighted by Gasteiger charge is 2.18. The molecule has 1 heterocycles. The quantitative estimate of drug-likeness (QED) is 0.883. The average molecular weight is 297 g/mol. The second-order valence-electron chi connectivity index (χ2n) is 5.05. The molecule has 0 radical (unpaired) electrons. The van der Waals surface area contributed by atoms with Crippen LogP contribution in [0, 0.1) is 6.92 Å². The van der Waals surface area contributed by atoms with Gasteiger partial charge in [-0.15, -0.1) is 0 Å². The summed E-state index contributed by atoms with van der Waals surface area (Å²) in [6.45, 7) is 3.35. The lowest BCUT2D eigenvalue weighted by Crippen LogP contribution is -2.38. The third kappa shape index (κ3) is 4.15. The topological polar surface area (TPSA) is 71.1 Å². The maximum Gasteiger partial charge on any atom is 0.240 e. The molecule has 0 aliphatic carbocycles. The molecule has 2 aromatic rings. The van der Waals surface area contributed by atoms with E-state index in [-0.39, 0.29) is 24.4 Å². The van der Waals surface area contributed by atoms with Crippen LogP contribution in [0.2, 0.25) is 0 Å². The van der Waals surface area contributed by atoms with E-state index >= 15 is 0 Å². The van der Waals surface area contributed by atoms with Crippen LogP contribution < -0.4 is 10.6 Å². The minimum atomic E-state index is -0.273. The lowest BCUT2D eigenvalue weighted by molar-refractivity contribution is -0.125. The molecule has 22 heavy (non-hydrogen) atoms. The number of nitrogens with one attached hydrogen (secondary N) is 2. The molecule has 5 heteroatoms. The van der Waals surface area contributed by atoms with Gasteiger partial charge in [0.25, 0.3) is 0 Å². The van der Waals surface area contributed by atoms with Crippen molar-refractivity contribution in [2.75, 3.05) is 6.54 Å². The van der Waals surface area contributed by atoms with Crippen molar-refractivity contribution in [2.45, 2.75) is 19.9 Å². The summed E-state index contributed by atoms with van der Waals surface area (Å²) in [4.78, 5) is 27.0. The fraction of sp³-hybridized carbons (Fsp3) is 0.235. The Bertz CT molecular complexity index is 656. The van der Waals surface area contributed by atoms with E-state index in [1.54, 1.807) is 12.4 Å². The Balaban J connectivity index is 2.25. The number of nitrogens with zero attached hydrogens (tertiary/aromatic N) is 1. The van der Waals surface area contributed by atoms with Crippen LogP contribution in [0.25, 0.3) is 0 Å². The van der Waals surface area contributed by atoms with Crippen molar-refractivity contribution in [3.63, 3.8) is 0 Å². The van der Waals surface area contributed by atoms with E-state index < -0.39 is 0 Å². The molecular formula is C17H19N3O2. The molecular weight excluding hydrogens is 278 g/mol. The summed E-state index contributed by atoms with van der Waals surface area (Å²) >= 11 is 0. The van der Waals surface area contributed by atoms with Crippen molar-refractivity contribution in [1.82, 2.24) is 15.6 Å². The Kier molecular flexibility index (Phi) is 5.25. The summed E-state index contributed by atoms with van der Waals surface area (Å²) in [6.07, 6.45) is 3.39. The molecule has 1 atom stereocenters. The Morgan fingerprint density at radius 2 is 1.82 bits per heavy atom. The van der Waals surface area contributed by atoms with Crippen LogP contribution in [0.1, 0.15) is 29.7 Å². The van der Waals surface area contributed by atoms with Gasteiger partial charge in [-0.1, -0.05) is 24.3 Å². The second kappa shape index (κ2) is 7.36. The highest BCUT2D eigenvalue weighted by atomic mass is 16.2. The first-order chi connectivity index (χ1) is 10.6. The van der Waals surface area contributed by atoms with Crippen molar-refractivity contribution >= 4 is 11.8 Å². The molecule has 0 saturated carbocycles. The fourth-order valence-electron chi connectivity index (χ4n) is 2.22. The number of aromatic nitrogens is 1. The number of carbonyl (C=O) groups is 2. The predicted molar refractivity (Wildman–Crippen MR) is 84.1 cm³/mol. The van der Waals surface area contributed by atoms with Gasteiger partial charge in [0, 0.05) is 19.3 Å². The van der Waals surface area contributed by atoms with E-state index in [1.165, 1.54) is 6.92 Å². The van der Waals surface area contributed by atoms with E-state index in [9.17, 15) is 9.59 Å². The molecule has 0 aliphatic heterocycles. The highest BCUT2D eigenvalue weighted by Crippen LogP contribution is 2.24.